The van der Waals surface area contributed by atoms with Crippen molar-refractivity contribution in [3.63, 3.8) is 0 Å². The van der Waals surface area contributed by atoms with E-state index in [1.54, 1.807) is 29.2 Å². The number of rotatable bonds is 8. The number of hydrogen-bond acceptors (Lipinski definition) is 4. The predicted octanol–water partition coefficient (Wildman–Crippen LogP) is 3.26. The van der Waals surface area contributed by atoms with Crippen LogP contribution in [0.3, 0.4) is 0 Å². The van der Waals surface area contributed by atoms with Gasteiger partial charge in [0.2, 0.25) is 11.8 Å². The maximum Gasteiger partial charge on any atom is 0.339 e. The van der Waals surface area contributed by atoms with Gasteiger partial charge in [-0.25, -0.2) is 4.79 Å². The summed E-state index contributed by atoms with van der Waals surface area (Å²) >= 11 is 0. The zero-order valence-electron chi connectivity index (χ0n) is 16.6. The van der Waals surface area contributed by atoms with Crippen molar-refractivity contribution in [2.75, 3.05) is 25.1 Å². The molecule has 0 radical (unpaired) electrons. The normalized spacial score (nSPS) is 10.2. The van der Waals surface area contributed by atoms with Gasteiger partial charge in [-0.2, -0.15) is 0 Å². The summed E-state index contributed by atoms with van der Waals surface area (Å²) in [6.07, 6.45) is 0.162. The molecule has 0 saturated heterocycles. The number of anilines is 1. The van der Waals surface area contributed by atoms with Crippen LogP contribution in [0.1, 0.15) is 36.2 Å². The molecule has 2 rings (SSSR count). The van der Waals surface area contributed by atoms with Gasteiger partial charge < -0.3 is 14.5 Å². The number of ether oxygens (including phenoxy) is 1. The summed E-state index contributed by atoms with van der Waals surface area (Å²) in [6.45, 7) is 4.63. The second kappa shape index (κ2) is 10.3. The standard InChI is InChI=1S/C22H26N2O4/c1-4-23(16-18-10-6-5-7-11-18)21(26)14-15-24(17(2)25)20-13-9-8-12-19(20)22(27)28-3/h5-13H,4,14-16H2,1-3H3. The second-order valence-corrected chi connectivity index (χ2v) is 6.32. The van der Waals surface area contributed by atoms with Crippen molar-refractivity contribution in [1.82, 2.24) is 4.90 Å². The Morgan fingerprint density at radius 1 is 0.964 bits per heavy atom. The van der Waals surface area contributed by atoms with Crippen molar-refractivity contribution in [3.05, 3.63) is 65.7 Å². The molecule has 2 aromatic rings. The van der Waals surface area contributed by atoms with Crippen LogP contribution in [0.15, 0.2) is 54.6 Å². The largest absolute Gasteiger partial charge is 0.465 e. The first-order chi connectivity index (χ1) is 13.5. The highest BCUT2D eigenvalue weighted by Crippen LogP contribution is 2.22. The highest BCUT2D eigenvalue weighted by Gasteiger charge is 2.21. The zero-order valence-corrected chi connectivity index (χ0v) is 16.6. The molecule has 0 spiro atoms. The minimum Gasteiger partial charge on any atom is -0.465 e. The highest BCUT2D eigenvalue weighted by molar-refractivity contribution is 6.02. The lowest BCUT2D eigenvalue weighted by molar-refractivity contribution is -0.131. The summed E-state index contributed by atoms with van der Waals surface area (Å²) in [5, 5.41) is 0. The van der Waals surface area contributed by atoms with E-state index < -0.39 is 5.97 Å². The molecule has 0 aliphatic rings. The first-order valence-corrected chi connectivity index (χ1v) is 9.25. The van der Waals surface area contributed by atoms with Crippen LogP contribution >= 0.6 is 0 Å². The third-order valence-electron chi connectivity index (χ3n) is 4.48. The fourth-order valence-corrected chi connectivity index (χ4v) is 2.98. The van der Waals surface area contributed by atoms with E-state index >= 15 is 0 Å². The van der Waals surface area contributed by atoms with E-state index in [2.05, 4.69) is 0 Å². The Morgan fingerprint density at radius 3 is 2.21 bits per heavy atom. The van der Waals surface area contributed by atoms with Crippen LogP contribution in [0.2, 0.25) is 0 Å². The molecule has 0 aromatic heterocycles. The Balaban J connectivity index is 2.12. The monoisotopic (exact) mass is 382 g/mol. The summed E-state index contributed by atoms with van der Waals surface area (Å²) < 4.78 is 4.80. The summed E-state index contributed by atoms with van der Waals surface area (Å²) in [5.41, 5.74) is 1.79. The first kappa shape index (κ1) is 21.2. The minimum atomic E-state index is -0.521. The molecular weight excluding hydrogens is 356 g/mol. The van der Waals surface area contributed by atoms with Gasteiger partial charge in [-0.3, -0.25) is 9.59 Å². The average molecular weight is 382 g/mol. The Kier molecular flexibility index (Phi) is 7.75. The molecule has 0 bridgehead atoms. The van der Waals surface area contributed by atoms with Gasteiger partial charge in [0, 0.05) is 33.0 Å². The molecule has 0 fully saturated rings. The SMILES string of the molecule is CCN(Cc1ccccc1)C(=O)CCN(C(C)=O)c1ccccc1C(=O)OC. The Bertz CT molecular complexity index is 820. The summed E-state index contributed by atoms with van der Waals surface area (Å²) in [7, 11) is 1.30. The number of para-hydroxylation sites is 1. The van der Waals surface area contributed by atoms with Crippen LogP contribution in [0.25, 0.3) is 0 Å². The van der Waals surface area contributed by atoms with Crippen LogP contribution < -0.4 is 4.90 Å². The number of carbonyl (C=O) groups is 3. The van der Waals surface area contributed by atoms with E-state index in [1.165, 1.54) is 18.9 Å². The fraction of sp³-hybridized carbons (Fsp3) is 0.318. The van der Waals surface area contributed by atoms with Gasteiger partial charge >= 0.3 is 5.97 Å². The number of amides is 2. The molecule has 0 unspecified atom stereocenters. The molecule has 0 saturated carbocycles. The molecule has 6 nitrogen and oxygen atoms in total. The average Bonchev–Trinajstić information content (AvgIpc) is 2.72. The quantitative estimate of drug-likeness (QED) is 0.657. The molecule has 0 heterocycles. The van der Waals surface area contributed by atoms with E-state index in [-0.39, 0.29) is 24.8 Å². The number of nitrogens with zero attached hydrogens (tertiary/aromatic N) is 2. The van der Waals surface area contributed by atoms with Crippen LogP contribution in [-0.2, 0) is 20.9 Å². The lowest BCUT2D eigenvalue weighted by Crippen LogP contribution is -2.36. The number of benzene rings is 2. The zero-order chi connectivity index (χ0) is 20.5. The van der Waals surface area contributed by atoms with E-state index in [0.29, 0.717) is 24.3 Å². The van der Waals surface area contributed by atoms with Gasteiger partial charge in [0.05, 0.1) is 18.4 Å². The topological polar surface area (TPSA) is 66.9 Å². The lowest BCUT2D eigenvalue weighted by Gasteiger charge is -2.26. The van der Waals surface area contributed by atoms with E-state index in [1.807, 2.05) is 37.3 Å². The van der Waals surface area contributed by atoms with E-state index in [4.69, 9.17) is 4.74 Å². The maximum atomic E-state index is 12.7. The van der Waals surface area contributed by atoms with Crippen LogP contribution in [0.4, 0.5) is 5.69 Å². The smallest absolute Gasteiger partial charge is 0.339 e. The van der Waals surface area contributed by atoms with Gasteiger partial charge in [0.1, 0.15) is 0 Å². The fourth-order valence-electron chi connectivity index (χ4n) is 2.98. The minimum absolute atomic E-state index is 0.0480. The molecule has 0 atom stereocenters. The van der Waals surface area contributed by atoms with Gasteiger partial charge in [-0.1, -0.05) is 42.5 Å². The van der Waals surface area contributed by atoms with Crippen molar-refractivity contribution in [3.8, 4) is 0 Å². The highest BCUT2D eigenvalue weighted by atomic mass is 16.5. The summed E-state index contributed by atoms with van der Waals surface area (Å²) in [6, 6.07) is 16.5. The molecule has 2 aromatic carbocycles. The van der Waals surface area contributed by atoms with E-state index in [9.17, 15) is 14.4 Å². The Hall–Kier alpha value is -3.15. The molecular formula is C22H26N2O4. The number of carbonyl (C=O) groups excluding carboxylic acids is 3. The molecule has 0 aliphatic carbocycles. The number of hydrogen-bond donors (Lipinski definition) is 0. The van der Waals surface area contributed by atoms with E-state index in [0.717, 1.165) is 5.56 Å². The van der Waals surface area contributed by atoms with Crippen molar-refractivity contribution < 1.29 is 19.1 Å². The van der Waals surface area contributed by atoms with Gasteiger partial charge in [-0.05, 0) is 24.6 Å². The third-order valence-corrected chi connectivity index (χ3v) is 4.48. The molecule has 148 valence electrons. The number of methoxy groups -OCH3 is 1. The van der Waals surface area contributed by atoms with Gasteiger partial charge in [-0.15, -0.1) is 0 Å². The van der Waals surface area contributed by atoms with Gasteiger partial charge in [0.25, 0.3) is 0 Å². The third kappa shape index (κ3) is 5.42. The van der Waals surface area contributed by atoms with Gasteiger partial charge in [0.15, 0.2) is 0 Å². The maximum absolute atomic E-state index is 12.7. The van der Waals surface area contributed by atoms with Crippen molar-refractivity contribution in [2.45, 2.75) is 26.8 Å². The summed E-state index contributed by atoms with van der Waals surface area (Å²) in [4.78, 5) is 40.1. The van der Waals surface area contributed by atoms with Crippen LogP contribution in [0.5, 0.6) is 0 Å². The van der Waals surface area contributed by atoms with Crippen molar-refractivity contribution >= 4 is 23.5 Å². The summed E-state index contributed by atoms with van der Waals surface area (Å²) in [5.74, 6) is -0.809. The van der Waals surface area contributed by atoms with Crippen LogP contribution in [0, 0.1) is 0 Å². The molecule has 28 heavy (non-hydrogen) atoms. The van der Waals surface area contributed by atoms with Crippen LogP contribution in [-0.4, -0.2) is 42.9 Å². The Morgan fingerprint density at radius 2 is 1.61 bits per heavy atom. The molecule has 0 N–H and O–H groups in total. The molecule has 2 amide bonds. The molecule has 0 aliphatic heterocycles. The van der Waals surface area contributed by atoms with Crippen molar-refractivity contribution in [2.24, 2.45) is 0 Å². The first-order valence-electron chi connectivity index (χ1n) is 9.25. The second-order valence-electron chi connectivity index (χ2n) is 6.32. The van der Waals surface area contributed by atoms with Crippen molar-refractivity contribution in [1.29, 1.82) is 0 Å². The molecule has 6 heteroatoms. The Labute approximate surface area is 165 Å². The lowest BCUT2D eigenvalue weighted by atomic mass is 10.1. The number of esters is 1. The predicted molar refractivity (Wildman–Crippen MR) is 108 cm³/mol.